The van der Waals surface area contributed by atoms with Crippen LogP contribution in [0.3, 0.4) is 0 Å². The molecule has 2 nitrogen and oxygen atoms in total. The molecule has 0 aliphatic rings. The molecule has 0 aliphatic carbocycles. The van der Waals surface area contributed by atoms with Crippen LogP contribution in [0.1, 0.15) is 25.1 Å². The lowest BCUT2D eigenvalue weighted by atomic mass is 10.1. The summed E-state index contributed by atoms with van der Waals surface area (Å²) in [5.74, 6) is -0.825. The van der Waals surface area contributed by atoms with E-state index < -0.39 is 5.97 Å². The molecule has 0 unspecified atom stereocenters. The van der Waals surface area contributed by atoms with Gasteiger partial charge in [-0.2, -0.15) is 0 Å². The van der Waals surface area contributed by atoms with Crippen molar-refractivity contribution in [1.29, 1.82) is 0 Å². The fraction of sp³-hybridized carbons (Fsp3) is 0.300. The highest BCUT2D eigenvalue weighted by atomic mass is 79.9. The van der Waals surface area contributed by atoms with Crippen LogP contribution in [0.5, 0.6) is 0 Å². The van der Waals surface area contributed by atoms with Gasteiger partial charge in [0.2, 0.25) is 0 Å². The maximum absolute atomic E-state index is 10.9. The number of rotatable bonds is 3. The maximum Gasteiger partial charge on any atom is 0.331 e. The first kappa shape index (κ1) is 11.5. The number of allylic oxidation sites excluding steroid dienone is 1. The molecule has 0 atom stereocenters. The zero-order valence-corrected chi connectivity index (χ0v) is 10.4. The van der Waals surface area contributed by atoms with E-state index in [0.717, 1.165) is 14.9 Å². The fourth-order valence-electron chi connectivity index (χ4n) is 1.24. The zero-order chi connectivity index (χ0) is 10.7. The van der Waals surface area contributed by atoms with Gasteiger partial charge in [0.1, 0.15) is 0 Å². The van der Waals surface area contributed by atoms with Crippen LogP contribution in [0, 0.1) is 0 Å². The van der Waals surface area contributed by atoms with Crippen LogP contribution in [0.15, 0.2) is 21.5 Å². The average molecular weight is 275 g/mol. The van der Waals surface area contributed by atoms with Gasteiger partial charge in [0, 0.05) is 20.3 Å². The normalized spacial score (nSPS) is 12.5. The Labute approximate surface area is 95.4 Å². The molecule has 0 saturated carbocycles. The molecule has 0 aromatic carbocycles. The Hall–Kier alpha value is -0.610. The quantitative estimate of drug-likeness (QED) is 0.852. The SMILES string of the molecule is CC/C(C(=O)O)=C(\C)c1cc(Br)cs1. The van der Waals surface area contributed by atoms with Crippen LogP contribution >= 0.6 is 27.3 Å². The second-order valence-electron chi connectivity index (χ2n) is 2.89. The summed E-state index contributed by atoms with van der Waals surface area (Å²) in [6.07, 6.45) is 0.552. The molecule has 1 aromatic heterocycles. The third-order valence-electron chi connectivity index (χ3n) is 2.00. The van der Waals surface area contributed by atoms with Crippen molar-refractivity contribution in [2.24, 2.45) is 0 Å². The van der Waals surface area contributed by atoms with Crippen molar-refractivity contribution in [1.82, 2.24) is 0 Å². The molecule has 1 heterocycles. The van der Waals surface area contributed by atoms with Crippen molar-refractivity contribution < 1.29 is 9.90 Å². The van der Waals surface area contributed by atoms with Crippen LogP contribution in [-0.4, -0.2) is 11.1 Å². The summed E-state index contributed by atoms with van der Waals surface area (Å²) in [4.78, 5) is 11.9. The van der Waals surface area contributed by atoms with Crippen LogP contribution in [0.2, 0.25) is 0 Å². The largest absolute Gasteiger partial charge is 0.478 e. The Balaban J connectivity index is 3.13. The maximum atomic E-state index is 10.9. The summed E-state index contributed by atoms with van der Waals surface area (Å²) in [6.45, 7) is 3.71. The number of hydrogen-bond donors (Lipinski definition) is 1. The second-order valence-corrected chi connectivity index (χ2v) is 4.72. The lowest BCUT2D eigenvalue weighted by Gasteiger charge is -2.03. The molecular formula is C10H11BrO2S. The van der Waals surface area contributed by atoms with Crippen molar-refractivity contribution in [3.05, 3.63) is 26.4 Å². The van der Waals surface area contributed by atoms with Crippen molar-refractivity contribution in [2.45, 2.75) is 20.3 Å². The van der Waals surface area contributed by atoms with Crippen LogP contribution in [0.25, 0.3) is 5.57 Å². The standard InChI is InChI=1S/C10H11BrO2S/c1-3-8(10(12)13)6(2)9-4-7(11)5-14-9/h4-5H,3H2,1-2H3,(H,12,13)/b8-6-. The van der Waals surface area contributed by atoms with Gasteiger partial charge in [0.05, 0.1) is 0 Å². The van der Waals surface area contributed by atoms with Gasteiger partial charge < -0.3 is 5.11 Å². The first-order chi connectivity index (χ1) is 6.56. The molecule has 1 N–H and O–H groups in total. The van der Waals surface area contributed by atoms with Gasteiger partial charge in [-0.3, -0.25) is 0 Å². The van der Waals surface area contributed by atoms with Gasteiger partial charge in [-0.1, -0.05) is 6.92 Å². The first-order valence-corrected chi connectivity index (χ1v) is 5.91. The molecule has 0 bridgehead atoms. The van der Waals surface area contributed by atoms with Gasteiger partial charge >= 0.3 is 5.97 Å². The third kappa shape index (κ3) is 2.45. The van der Waals surface area contributed by atoms with Crippen molar-refractivity contribution >= 4 is 38.8 Å². The summed E-state index contributed by atoms with van der Waals surface area (Å²) in [5.41, 5.74) is 1.34. The monoisotopic (exact) mass is 274 g/mol. The molecule has 0 radical (unpaired) electrons. The topological polar surface area (TPSA) is 37.3 Å². The van der Waals surface area contributed by atoms with Crippen molar-refractivity contribution in [2.75, 3.05) is 0 Å². The molecule has 0 spiro atoms. The van der Waals surface area contributed by atoms with Crippen molar-refractivity contribution in [3.63, 3.8) is 0 Å². The van der Waals surface area contributed by atoms with Crippen molar-refractivity contribution in [3.8, 4) is 0 Å². The number of aliphatic carboxylic acids is 1. The number of halogens is 1. The Kier molecular flexibility index (Phi) is 3.89. The molecule has 0 saturated heterocycles. The zero-order valence-electron chi connectivity index (χ0n) is 8.00. The summed E-state index contributed by atoms with van der Waals surface area (Å²) >= 11 is 4.90. The van der Waals surface area contributed by atoms with Gasteiger partial charge in [0.15, 0.2) is 0 Å². The smallest absolute Gasteiger partial charge is 0.331 e. The highest BCUT2D eigenvalue weighted by molar-refractivity contribution is 9.10. The molecule has 76 valence electrons. The highest BCUT2D eigenvalue weighted by Gasteiger charge is 2.11. The molecule has 0 amide bonds. The predicted molar refractivity (Wildman–Crippen MR) is 62.5 cm³/mol. The predicted octanol–water partition coefficient (Wildman–Crippen LogP) is 3.78. The number of thiophene rings is 1. The summed E-state index contributed by atoms with van der Waals surface area (Å²) in [6, 6.07) is 1.94. The minimum absolute atomic E-state index is 0.486. The van der Waals surface area contributed by atoms with Gasteiger partial charge in [0.25, 0.3) is 0 Å². The van der Waals surface area contributed by atoms with Crippen LogP contribution in [-0.2, 0) is 4.79 Å². The van der Waals surface area contributed by atoms with E-state index in [1.54, 1.807) is 11.3 Å². The van der Waals surface area contributed by atoms with E-state index in [4.69, 9.17) is 5.11 Å². The Morgan fingerprint density at radius 2 is 2.29 bits per heavy atom. The molecule has 0 aliphatic heterocycles. The first-order valence-electron chi connectivity index (χ1n) is 4.23. The van der Waals surface area contributed by atoms with E-state index >= 15 is 0 Å². The minimum Gasteiger partial charge on any atom is -0.478 e. The molecule has 14 heavy (non-hydrogen) atoms. The van der Waals surface area contributed by atoms with Gasteiger partial charge in [-0.15, -0.1) is 11.3 Å². The third-order valence-corrected chi connectivity index (χ3v) is 3.81. The Morgan fingerprint density at radius 3 is 2.64 bits per heavy atom. The molecular weight excluding hydrogens is 264 g/mol. The average Bonchev–Trinajstić information content (AvgIpc) is 2.52. The molecule has 1 aromatic rings. The number of hydrogen-bond acceptors (Lipinski definition) is 2. The lowest BCUT2D eigenvalue weighted by molar-refractivity contribution is -0.132. The highest BCUT2D eigenvalue weighted by Crippen LogP contribution is 2.29. The summed E-state index contributed by atoms with van der Waals surface area (Å²) < 4.78 is 0.998. The number of carboxylic acid groups (broad SMARTS) is 1. The molecule has 4 heteroatoms. The lowest BCUT2D eigenvalue weighted by Crippen LogP contribution is -2.01. The number of carboxylic acids is 1. The van der Waals surface area contributed by atoms with Crippen LogP contribution < -0.4 is 0 Å². The van der Waals surface area contributed by atoms with E-state index in [0.29, 0.717) is 12.0 Å². The number of carbonyl (C=O) groups is 1. The van der Waals surface area contributed by atoms with Gasteiger partial charge in [-0.05, 0) is 40.9 Å². The Morgan fingerprint density at radius 1 is 1.64 bits per heavy atom. The Bertz CT molecular complexity index is 379. The molecule has 0 fully saturated rings. The summed E-state index contributed by atoms with van der Waals surface area (Å²) in [7, 11) is 0. The van der Waals surface area contributed by atoms with E-state index in [9.17, 15) is 4.79 Å². The van der Waals surface area contributed by atoms with Gasteiger partial charge in [-0.25, -0.2) is 4.79 Å². The summed E-state index contributed by atoms with van der Waals surface area (Å²) in [5, 5.41) is 10.9. The van der Waals surface area contributed by atoms with E-state index in [2.05, 4.69) is 15.9 Å². The second kappa shape index (κ2) is 4.75. The van der Waals surface area contributed by atoms with Crippen LogP contribution in [0.4, 0.5) is 0 Å². The van der Waals surface area contributed by atoms with E-state index in [1.165, 1.54) is 0 Å². The van der Waals surface area contributed by atoms with E-state index in [1.807, 2.05) is 25.3 Å². The minimum atomic E-state index is -0.825. The molecule has 1 rings (SSSR count). The fourth-order valence-corrected chi connectivity index (χ4v) is 2.70. The van der Waals surface area contributed by atoms with E-state index in [-0.39, 0.29) is 0 Å².